The number of hydrogen-bond donors (Lipinski definition) is 1. The third kappa shape index (κ3) is 3.51. The average Bonchev–Trinajstić information content (AvgIpc) is 2.94. The molecule has 0 radical (unpaired) electrons. The lowest BCUT2D eigenvalue weighted by Gasteiger charge is -2.60. The minimum atomic E-state index is -0.186. The highest BCUT2D eigenvalue weighted by Gasteiger charge is 2.57. The lowest BCUT2D eigenvalue weighted by Crippen LogP contribution is -2.53. The van der Waals surface area contributed by atoms with Gasteiger partial charge < -0.3 is 10.1 Å². The molecule has 4 bridgehead atoms. The Hall–Kier alpha value is -0.580. The lowest BCUT2D eigenvalue weighted by molar-refractivity contribution is -0.154. The zero-order valence-corrected chi connectivity index (χ0v) is 15.9. The van der Waals surface area contributed by atoms with Gasteiger partial charge in [0.1, 0.15) is 0 Å². The van der Waals surface area contributed by atoms with Crippen LogP contribution in [0.25, 0.3) is 0 Å². The van der Waals surface area contributed by atoms with Crippen LogP contribution in [0.3, 0.4) is 0 Å². The highest BCUT2D eigenvalue weighted by Crippen LogP contribution is 2.65. The summed E-state index contributed by atoms with van der Waals surface area (Å²) >= 11 is 3.98. The first-order chi connectivity index (χ1) is 11.4. The number of carbonyl (C=O) groups excluding carboxylic acids is 2. The second kappa shape index (κ2) is 6.30. The molecule has 5 saturated carbocycles. The number of nitrogens with one attached hydrogen (secondary N) is 1. The summed E-state index contributed by atoms with van der Waals surface area (Å²) in [6.45, 7) is -0.113. The number of carbonyl (C=O) groups is 2. The predicted molar refractivity (Wildman–Crippen MR) is 94.7 cm³/mol. The van der Waals surface area contributed by atoms with Gasteiger partial charge in [-0.25, -0.2) is 0 Å². The zero-order chi connectivity index (χ0) is 16.8. The average molecular weight is 398 g/mol. The van der Waals surface area contributed by atoms with Gasteiger partial charge >= 0.3 is 5.97 Å². The van der Waals surface area contributed by atoms with Gasteiger partial charge in [0.25, 0.3) is 5.91 Å². The zero-order valence-electron chi connectivity index (χ0n) is 14.3. The smallest absolute Gasteiger partial charge is 0.306 e. The molecule has 0 saturated heterocycles. The van der Waals surface area contributed by atoms with Crippen LogP contribution in [-0.4, -0.2) is 28.8 Å². The summed E-state index contributed by atoms with van der Waals surface area (Å²) < 4.78 is 5.58. The lowest BCUT2D eigenvalue weighted by atomic mass is 9.49. The largest absolute Gasteiger partial charge is 0.456 e. The Balaban J connectivity index is 1.27. The van der Waals surface area contributed by atoms with E-state index < -0.39 is 0 Å². The van der Waals surface area contributed by atoms with Gasteiger partial charge in [0.2, 0.25) is 0 Å². The van der Waals surface area contributed by atoms with Crippen molar-refractivity contribution in [3.8, 4) is 0 Å². The Morgan fingerprint density at radius 2 is 1.75 bits per heavy atom. The Bertz CT molecular complexity index is 515. The summed E-state index contributed by atoms with van der Waals surface area (Å²) in [4.78, 5) is 24.3. The van der Waals surface area contributed by atoms with E-state index in [4.69, 9.17) is 4.74 Å². The van der Waals surface area contributed by atoms with Gasteiger partial charge in [-0.2, -0.15) is 0 Å². The molecule has 1 N–H and O–H groups in total. The molecule has 4 nitrogen and oxygen atoms in total. The van der Waals surface area contributed by atoms with Crippen molar-refractivity contribution in [3.05, 3.63) is 0 Å². The minimum Gasteiger partial charge on any atom is -0.456 e. The summed E-state index contributed by atoms with van der Waals surface area (Å²) in [6.07, 6.45) is 12.3. The molecule has 0 heterocycles. The highest BCUT2D eigenvalue weighted by atomic mass is 79.9. The van der Waals surface area contributed by atoms with E-state index in [9.17, 15) is 9.59 Å². The van der Waals surface area contributed by atoms with E-state index in [0.29, 0.717) is 6.42 Å². The minimum absolute atomic E-state index is 0.113. The van der Waals surface area contributed by atoms with Gasteiger partial charge in [-0.1, -0.05) is 28.8 Å². The van der Waals surface area contributed by atoms with Crippen molar-refractivity contribution in [2.75, 3.05) is 6.61 Å². The molecule has 0 spiro atoms. The van der Waals surface area contributed by atoms with Gasteiger partial charge in [-0.15, -0.1) is 0 Å². The van der Waals surface area contributed by atoms with Crippen LogP contribution >= 0.6 is 15.9 Å². The van der Waals surface area contributed by atoms with Crippen LogP contribution in [0, 0.1) is 17.3 Å². The van der Waals surface area contributed by atoms with Crippen LogP contribution in [-0.2, 0) is 14.3 Å². The Kier molecular flexibility index (Phi) is 4.42. The molecule has 0 aromatic rings. The number of halogens is 1. The summed E-state index contributed by atoms with van der Waals surface area (Å²) in [7, 11) is 0. The molecular formula is C19H28BrNO3. The van der Waals surface area contributed by atoms with Crippen LogP contribution in [0.4, 0.5) is 0 Å². The third-order valence-corrected chi connectivity index (χ3v) is 7.64. The normalized spacial score (nSPS) is 40.7. The van der Waals surface area contributed by atoms with Crippen LogP contribution in [0.2, 0.25) is 0 Å². The second-order valence-electron chi connectivity index (χ2n) is 9.00. The fourth-order valence-corrected chi connectivity index (χ4v) is 7.90. The van der Waals surface area contributed by atoms with E-state index in [1.807, 2.05) is 0 Å². The van der Waals surface area contributed by atoms with Gasteiger partial charge in [0.05, 0.1) is 6.42 Å². The van der Waals surface area contributed by atoms with Crippen molar-refractivity contribution in [1.29, 1.82) is 0 Å². The van der Waals surface area contributed by atoms with E-state index in [1.165, 1.54) is 44.9 Å². The Labute approximate surface area is 152 Å². The van der Waals surface area contributed by atoms with E-state index in [2.05, 4.69) is 21.2 Å². The molecule has 5 aliphatic rings. The first kappa shape index (κ1) is 16.9. The van der Waals surface area contributed by atoms with Crippen LogP contribution < -0.4 is 5.32 Å². The van der Waals surface area contributed by atoms with Crippen LogP contribution in [0.1, 0.15) is 70.6 Å². The molecule has 134 valence electrons. The molecular weight excluding hydrogens is 370 g/mol. The maximum absolute atomic E-state index is 12.4. The quantitative estimate of drug-likeness (QED) is 0.568. The number of alkyl halides is 1. The maximum Gasteiger partial charge on any atom is 0.306 e. The fourth-order valence-electron chi connectivity index (χ4n) is 6.39. The van der Waals surface area contributed by atoms with Crippen molar-refractivity contribution in [1.82, 2.24) is 5.32 Å². The van der Waals surface area contributed by atoms with Crippen molar-refractivity contribution in [2.45, 2.75) is 81.0 Å². The number of ether oxygens (including phenoxy) is 1. The molecule has 5 fully saturated rings. The molecule has 5 aliphatic carbocycles. The van der Waals surface area contributed by atoms with E-state index in [0.717, 1.165) is 31.1 Å². The Morgan fingerprint density at radius 3 is 2.38 bits per heavy atom. The number of hydrogen-bond acceptors (Lipinski definition) is 3. The second-order valence-corrected chi connectivity index (χ2v) is 10.7. The van der Waals surface area contributed by atoms with Crippen molar-refractivity contribution >= 4 is 27.8 Å². The van der Waals surface area contributed by atoms with E-state index >= 15 is 0 Å². The highest BCUT2D eigenvalue weighted by molar-refractivity contribution is 9.10. The monoisotopic (exact) mass is 397 g/mol. The fraction of sp³-hybridized carbons (Fsp3) is 0.895. The standard InChI is InChI=1S/C19H28BrNO3/c20-19-8-13-5-14(9-19)7-18(6-13,12-19)10-17(23)24-11-16(22)21-15-3-1-2-4-15/h13-15H,1-12H2,(H,21,22)/t13-,14-,18?,19?/m0/s1. The number of esters is 1. The SMILES string of the molecule is O=C(COC(=O)CC12C[C@@H]3C[C@H](CC(Br)(C3)C1)C2)NC1CCCC1. The molecule has 5 heteroatoms. The topological polar surface area (TPSA) is 55.4 Å². The summed E-state index contributed by atoms with van der Waals surface area (Å²) in [5, 5.41) is 2.98. The molecule has 0 aromatic carbocycles. The van der Waals surface area contributed by atoms with Crippen molar-refractivity contribution in [3.63, 3.8) is 0 Å². The van der Waals surface area contributed by atoms with Crippen molar-refractivity contribution in [2.24, 2.45) is 17.3 Å². The first-order valence-electron chi connectivity index (χ1n) is 9.58. The van der Waals surface area contributed by atoms with Gasteiger partial charge in [-0.3, -0.25) is 9.59 Å². The molecule has 0 aromatic heterocycles. The summed E-state index contributed by atoms with van der Waals surface area (Å²) in [5.74, 6) is 1.21. The van der Waals surface area contributed by atoms with Gasteiger partial charge in [0.15, 0.2) is 6.61 Å². The Morgan fingerprint density at radius 1 is 1.08 bits per heavy atom. The molecule has 2 atom stereocenters. The predicted octanol–water partition coefficient (Wildman–Crippen LogP) is 3.71. The maximum atomic E-state index is 12.4. The molecule has 0 aliphatic heterocycles. The molecule has 24 heavy (non-hydrogen) atoms. The van der Waals surface area contributed by atoms with Crippen molar-refractivity contribution < 1.29 is 14.3 Å². The van der Waals surface area contributed by atoms with Crippen LogP contribution in [0.15, 0.2) is 0 Å². The molecule has 5 rings (SSSR count). The first-order valence-corrected chi connectivity index (χ1v) is 10.4. The summed E-state index contributed by atoms with van der Waals surface area (Å²) in [5.41, 5.74) is 0.118. The van der Waals surface area contributed by atoms with E-state index in [1.54, 1.807) is 0 Å². The van der Waals surface area contributed by atoms with Gasteiger partial charge in [-0.05, 0) is 68.6 Å². The number of rotatable bonds is 5. The van der Waals surface area contributed by atoms with E-state index in [-0.39, 0.29) is 34.3 Å². The van der Waals surface area contributed by atoms with Gasteiger partial charge in [0, 0.05) is 10.4 Å². The number of amides is 1. The molecule has 1 amide bonds. The van der Waals surface area contributed by atoms with Crippen LogP contribution in [0.5, 0.6) is 0 Å². The summed E-state index contributed by atoms with van der Waals surface area (Å²) in [6, 6.07) is 0.285. The third-order valence-electron chi connectivity index (χ3n) is 6.71. The molecule has 0 unspecified atom stereocenters.